The normalized spacial score (nSPS) is 16.6. The van der Waals surface area contributed by atoms with Crippen LogP contribution in [0.25, 0.3) is 0 Å². The van der Waals surface area contributed by atoms with Crippen LogP contribution >= 0.6 is 0 Å². The van der Waals surface area contributed by atoms with Gasteiger partial charge in [0.1, 0.15) is 0 Å². The molecule has 180 valence electrons. The number of halogens is 3. The lowest BCUT2D eigenvalue weighted by Crippen LogP contribution is -2.46. The average Bonchev–Trinajstić information content (AvgIpc) is 2.74. The summed E-state index contributed by atoms with van der Waals surface area (Å²) in [6, 6.07) is 8.08. The number of sulfone groups is 1. The van der Waals surface area contributed by atoms with Crippen molar-refractivity contribution in [3.8, 4) is 0 Å². The summed E-state index contributed by atoms with van der Waals surface area (Å²) in [6.45, 7) is 0.696. The Balaban J connectivity index is 1.90. The second-order valence-corrected chi connectivity index (χ2v) is 11.2. The number of carbonyl (C=O) groups excluding carboxylic acids is 1. The molecule has 0 bridgehead atoms. The maximum atomic E-state index is 13.8. The number of nitrogens with two attached hydrogens (primary N) is 1. The Morgan fingerprint density at radius 2 is 1.61 bits per heavy atom. The van der Waals surface area contributed by atoms with E-state index in [-0.39, 0.29) is 24.3 Å². The van der Waals surface area contributed by atoms with Gasteiger partial charge in [0.25, 0.3) is 0 Å². The molecule has 0 atom stereocenters. The van der Waals surface area contributed by atoms with Gasteiger partial charge >= 0.3 is 6.18 Å². The van der Waals surface area contributed by atoms with Gasteiger partial charge in [0.15, 0.2) is 0 Å². The number of benzene rings is 2. The summed E-state index contributed by atoms with van der Waals surface area (Å²) >= 11 is 0. The van der Waals surface area contributed by atoms with Crippen molar-refractivity contribution in [2.75, 3.05) is 19.6 Å². The van der Waals surface area contributed by atoms with Gasteiger partial charge in [0, 0.05) is 19.1 Å². The number of nitrogens with one attached hydrogen (secondary N) is 1. The van der Waals surface area contributed by atoms with Crippen LogP contribution in [-0.2, 0) is 30.8 Å². The smallest absolute Gasteiger partial charge is 0.369 e. The number of amides is 1. The third-order valence-corrected chi connectivity index (χ3v) is 8.54. The lowest BCUT2D eigenvalue weighted by atomic mass is 10.1. The van der Waals surface area contributed by atoms with Crippen molar-refractivity contribution < 1.29 is 34.8 Å². The highest BCUT2D eigenvalue weighted by Crippen LogP contribution is 2.37. The highest BCUT2D eigenvalue weighted by atomic mass is 32.2. The highest BCUT2D eigenvalue weighted by molar-refractivity contribution is 7.91. The number of alkyl halides is 3. The predicted octanol–water partition coefficient (Wildman–Crippen LogP) is 1.77. The van der Waals surface area contributed by atoms with E-state index in [2.05, 4.69) is 4.72 Å². The van der Waals surface area contributed by atoms with Crippen molar-refractivity contribution in [2.45, 2.75) is 39.7 Å². The number of likely N-dealkylation sites (tertiary alicyclic amines) is 1. The summed E-state index contributed by atoms with van der Waals surface area (Å²) in [5.41, 5.74) is 3.56. The second kappa shape index (κ2) is 9.41. The molecule has 0 radical (unpaired) electrons. The molecule has 13 heteroatoms. The molecule has 0 aliphatic carbocycles. The first-order valence-corrected chi connectivity index (χ1v) is 12.8. The third kappa shape index (κ3) is 5.91. The summed E-state index contributed by atoms with van der Waals surface area (Å²) in [5, 5.41) is 0. The van der Waals surface area contributed by atoms with Crippen molar-refractivity contribution in [3.63, 3.8) is 0 Å². The van der Waals surface area contributed by atoms with Crippen LogP contribution in [0.4, 0.5) is 13.2 Å². The lowest BCUT2D eigenvalue weighted by molar-refractivity contribution is -0.140. The van der Waals surface area contributed by atoms with Crippen molar-refractivity contribution in [1.29, 1.82) is 0 Å². The largest absolute Gasteiger partial charge is 0.417 e. The molecule has 3 rings (SSSR count). The Labute approximate surface area is 189 Å². The molecule has 8 nitrogen and oxygen atoms in total. The molecule has 2 aromatic carbocycles. The van der Waals surface area contributed by atoms with Gasteiger partial charge in [-0.3, -0.25) is 9.69 Å². The minimum absolute atomic E-state index is 0.00897. The fraction of sp³-hybridized carbons (Fsp3) is 0.350. The quantitative estimate of drug-likeness (QED) is 0.591. The molecule has 1 aliphatic rings. The number of primary amides is 1. The maximum absolute atomic E-state index is 13.8. The molecular formula is C20H22F3N3O5S2. The van der Waals surface area contributed by atoms with Crippen LogP contribution in [0.5, 0.6) is 0 Å². The molecule has 0 unspecified atom stereocenters. The molecule has 1 heterocycles. The SMILES string of the molecule is NC(=O)CN1CCC(NS(=O)(=O)c2ccc(S(=O)(=O)c3ccccc3)cc2C(F)(F)F)CC1. The van der Waals surface area contributed by atoms with Crippen molar-refractivity contribution in [1.82, 2.24) is 9.62 Å². The molecule has 2 aromatic rings. The van der Waals surface area contributed by atoms with E-state index in [0.717, 1.165) is 6.07 Å². The van der Waals surface area contributed by atoms with Crippen molar-refractivity contribution >= 4 is 25.8 Å². The lowest BCUT2D eigenvalue weighted by Gasteiger charge is -2.31. The average molecular weight is 506 g/mol. The van der Waals surface area contributed by atoms with Gasteiger partial charge in [0.05, 0.1) is 26.8 Å². The number of carbonyl (C=O) groups is 1. The van der Waals surface area contributed by atoms with E-state index < -0.39 is 53.3 Å². The first-order chi connectivity index (χ1) is 15.3. The van der Waals surface area contributed by atoms with E-state index in [4.69, 9.17) is 5.73 Å². The van der Waals surface area contributed by atoms with Gasteiger partial charge in [0.2, 0.25) is 25.8 Å². The molecule has 0 saturated carbocycles. The summed E-state index contributed by atoms with van der Waals surface area (Å²) in [6.07, 6.45) is -4.57. The number of hydrogen-bond donors (Lipinski definition) is 2. The molecule has 0 aromatic heterocycles. The maximum Gasteiger partial charge on any atom is 0.417 e. The zero-order valence-electron chi connectivity index (χ0n) is 17.2. The van der Waals surface area contributed by atoms with Crippen molar-refractivity contribution in [3.05, 3.63) is 54.1 Å². The number of nitrogens with zero attached hydrogens (tertiary/aromatic N) is 1. The Morgan fingerprint density at radius 1 is 1.00 bits per heavy atom. The Hall–Kier alpha value is -2.48. The Morgan fingerprint density at radius 3 is 2.15 bits per heavy atom. The van der Waals surface area contributed by atoms with Crippen LogP contribution in [0, 0.1) is 0 Å². The fourth-order valence-electron chi connectivity index (χ4n) is 3.58. The number of hydrogen-bond acceptors (Lipinski definition) is 6. The molecular weight excluding hydrogens is 483 g/mol. The molecule has 33 heavy (non-hydrogen) atoms. The van der Waals surface area contributed by atoms with Gasteiger partial charge in [-0.1, -0.05) is 18.2 Å². The van der Waals surface area contributed by atoms with E-state index in [1.165, 1.54) is 24.3 Å². The summed E-state index contributed by atoms with van der Waals surface area (Å²) in [7, 11) is -8.90. The molecule has 0 spiro atoms. The van der Waals surface area contributed by atoms with Crippen LogP contribution in [0.3, 0.4) is 0 Å². The van der Waals surface area contributed by atoms with Crippen LogP contribution in [0.1, 0.15) is 18.4 Å². The first kappa shape index (κ1) is 25.1. The first-order valence-electron chi connectivity index (χ1n) is 9.85. The minimum atomic E-state index is -5.11. The van der Waals surface area contributed by atoms with Crippen molar-refractivity contribution in [2.24, 2.45) is 5.73 Å². The zero-order chi connectivity index (χ0) is 24.4. The Bertz CT molecular complexity index is 1230. The van der Waals surface area contributed by atoms with Crippen LogP contribution in [-0.4, -0.2) is 53.3 Å². The molecule has 1 saturated heterocycles. The van der Waals surface area contributed by atoms with Gasteiger partial charge in [-0.15, -0.1) is 0 Å². The summed E-state index contributed by atoms with van der Waals surface area (Å²) in [5.74, 6) is -0.533. The van der Waals surface area contributed by atoms with E-state index in [1.807, 2.05) is 0 Å². The van der Waals surface area contributed by atoms with Crippen LogP contribution < -0.4 is 10.5 Å². The molecule has 3 N–H and O–H groups in total. The third-order valence-electron chi connectivity index (χ3n) is 5.20. The summed E-state index contributed by atoms with van der Waals surface area (Å²) < 4.78 is 94.6. The van der Waals surface area contributed by atoms with Gasteiger partial charge < -0.3 is 5.73 Å². The summed E-state index contributed by atoms with van der Waals surface area (Å²) in [4.78, 5) is 10.8. The topological polar surface area (TPSA) is 127 Å². The van der Waals surface area contributed by atoms with E-state index in [0.29, 0.717) is 25.2 Å². The van der Waals surface area contributed by atoms with Crippen LogP contribution in [0.2, 0.25) is 0 Å². The van der Waals surface area contributed by atoms with E-state index >= 15 is 0 Å². The standard InChI is InChI=1S/C20H22F3N3O5S2/c21-20(22,23)17-12-16(32(28,29)15-4-2-1-3-5-15)6-7-18(17)33(30,31)25-14-8-10-26(11-9-14)13-19(24)27/h1-7,12,14,25H,8-11,13H2,(H2,24,27). The van der Waals surface area contributed by atoms with Gasteiger partial charge in [-0.25, -0.2) is 21.6 Å². The fourth-order valence-corrected chi connectivity index (χ4v) is 6.40. The van der Waals surface area contributed by atoms with Crippen LogP contribution in [0.15, 0.2) is 63.2 Å². The molecule has 1 amide bonds. The molecule has 1 fully saturated rings. The minimum Gasteiger partial charge on any atom is -0.369 e. The second-order valence-electron chi connectivity index (χ2n) is 7.61. The van der Waals surface area contributed by atoms with Gasteiger partial charge in [-0.2, -0.15) is 13.2 Å². The van der Waals surface area contributed by atoms with Gasteiger partial charge in [-0.05, 0) is 43.2 Å². The number of sulfonamides is 1. The zero-order valence-corrected chi connectivity index (χ0v) is 18.9. The molecule has 1 aliphatic heterocycles. The predicted molar refractivity (Wildman–Crippen MR) is 112 cm³/mol. The monoisotopic (exact) mass is 505 g/mol. The van der Waals surface area contributed by atoms with E-state index in [9.17, 15) is 34.8 Å². The Kier molecular flexibility index (Phi) is 7.17. The number of piperidine rings is 1. The van der Waals surface area contributed by atoms with E-state index in [1.54, 1.807) is 11.0 Å². The number of rotatable bonds is 7. The highest BCUT2D eigenvalue weighted by Gasteiger charge is 2.39.